The van der Waals surface area contributed by atoms with Crippen LogP contribution in [0, 0.1) is 12.3 Å². The van der Waals surface area contributed by atoms with Gasteiger partial charge in [-0.05, 0) is 74.6 Å². The second-order valence-electron chi connectivity index (χ2n) is 12.2. The van der Waals surface area contributed by atoms with Crippen molar-refractivity contribution < 1.29 is 30.8 Å². The highest BCUT2D eigenvalue weighted by atomic mass is 32.2. The number of hydrogen-bond donors (Lipinski definition) is 0. The first-order valence-corrected chi connectivity index (χ1v) is 15.4. The topological polar surface area (TPSA) is 54.5 Å². The van der Waals surface area contributed by atoms with E-state index in [4.69, 9.17) is 0 Å². The van der Waals surface area contributed by atoms with Crippen LogP contribution in [0.5, 0.6) is 0 Å². The summed E-state index contributed by atoms with van der Waals surface area (Å²) in [6.45, 7) is 4.90. The standard InChI is InChI=1S/C30H35F4NO3S/c1-20-5-4-6-21(17-20)19-29-11-14-35(26(36)27(2)12-15-39(37,38)16-13-27)25(29)10-7-22-18-23(8-9-24(22)29)28(3,31)30(32,33)34/h4-6,8-9,17-18,25H,7,10-16,19H2,1-3H3. The number of halogens is 4. The number of sulfone groups is 1. The van der Waals surface area contributed by atoms with E-state index in [1.807, 2.05) is 36.9 Å². The molecule has 0 spiro atoms. The summed E-state index contributed by atoms with van der Waals surface area (Å²) in [6.07, 6.45) is -2.23. The number of amides is 1. The van der Waals surface area contributed by atoms with Crippen molar-refractivity contribution in [1.29, 1.82) is 0 Å². The van der Waals surface area contributed by atoms with E-state index in [2.05, 4.69) is 6.07 Å². The molecule has 1 amide bonds. The molecule has 2 aliphatic heterocycles. The molecule has 0 aromatic heterocycles. The van der Waals surface area contributed by atoms with E-state index in [1.165, 1.54) is 12.1 Å². The Morgan fingerprint density at radius 2 is 1.74 bits per heavy atom. The number of rotatable bonds is 4. The van der Waals surface area contributed by atoms with Crippen LogP contribution in [-0.4, -0.2) is 49.5 Å². The van der Waals surface area contributed by atoms with Crippen molar-refractivity contribution in [3.05, 3.63) is 70.3 Å². The van der Waals surface area contributed by atoms with Gasteiger partial charge in [0.25, 0.3) is 0 Å². The van der Waals surface area contributed by atoms with Gasteiger partial charge in [0.2, 0.25) is 11.6 Å². The second kappa shape index (κ2) is 9.32. The average Bonchev–Trinajstić information content (AvgIpc) is 3.23. The van der Waals surface area contributed by atoms with Crippen LogP contribution in [0.25, 0.3) is 0 Å². The predicted octanol–water partition coefficient (Wildman–Crippen LogP) is 5.98. The molecule has 3 unspecified atom stereocenters. The number of hydrogen-bond acceptors (Lipinski definition) is 3. The number of aryl methyl sites for hydroxylation is 2. The molecular formula is C30H35F4NO3S. The van der Waals surface area contributed by atoms with Gasteiger partial charge >= 0.3 is 6.18 Å². The lowest BCUT2D eigenvalue weighted by Gasteiger charge is -2.46. The molecule has 39 heavy (non-hydrogen) atoms. The zero-order valence-corrected chi connectivity index (χ0v) is 23.4. The molecule has 0 saturated carbocycles. The summed E-state index contributed by atoms with van der Waals surface area (Å²) in [7, 11) is -3.14. The van der Waals surface area contributed by atoms with Gasteiger partial charge in [-0.3, -0.25) is 4.79 Å². The first kappa shape index (κ1) is 28.1. The third-order valence-corrected chi connectivity index (χ3v) is 11.2. The van der Waals surface area contributed by atoms with Crippen LogP contribution in [-0.2, 0) is 38.6 Å². The number of fused-ring (bicyclic) bond motifs is 3. The zero-order valence-electron chi connectivity index (χ0n) is 22.6. The van der Waals surface area contributed by atoms with Gasteiger partial charge < -0.3 is 4.90 Å². The van der Waals surface area contributed by atoms with Crippen LogP contribution in [0.1, 0.15) is 67.3 Å². The number of nitrogens with zero attached hydrogens (tertiary/aromatic N) is 1. The van der Waals surface area contributed by atoms with E-state index in [1.54, 1.807) is 6.07 Å². The van der Waals surface area contributed by atoms with Crippen molar-refractivity contribution in [1.82, 2.24) is 4.90 Å². The molecule has 3 aliphatic rings. The smallest absolute Gasteiger partial charge is 0.338 e. The first-order valence-electron chi connectivity index (χ1n) is 13.5. The molecule has 2 aromatic carbocycles. The van der Waals surface area contributed by atoms with E-state index in [0.717, 1.165) is 16.7 Å². The molecule has 2 fully saturated rings. The molecule has 2 saturated heterocycles. The summed E-state index contributed by atoms with van der Waals surface area (Å²) in [6, 6.07) is 12.2. The molecule has 3 atom stereocenters. The summed E-state index contributed by atoms with van der Waals surface area (Å²) in [4.78, 5) is 15.9. The Labute approximate surface area is 227 Å². The third-order valence-electron chi connectivity index (χ3n) is 9.53. The van der Waals surface area contributed by atoms with Gasteiger partial charge in [-0.2, -0.15) is 13.2 Å². The van der Waals surface area contributed by atoms with Crippen molar-refractivity contribution in [3.63, 3.8) is 0 Å². The van der Waals surface area contributed by atoms with Crippen LogP contribution in [0.2, 0.25) is 0 Å². The van der Waals surface area contributed by atoms with Gasteiger partial charge in [-0.15, -0.1) is 0 Å². The summed E-state index contributed by atoms with van der Waals surface area (Å²) in [5.74, 6) is -0.0498. The maximum absolute atomic E-state index is 14.9. The van der Waals surface area contributed by atoms with E-state index in [9.17, 15) is 30.8 Å². The number of carbonyl (C=O) groups excluding carboxylic acids is 1. The van der Waals surface area contributed by atoms with Crippen molar-refractivity contribution in [2.75, 3.05) is 18.1 Å². The molecule has 0 radical (unpaired) electrons. The van der Waals surface area contributed by atoms with Crippen LogP contribution in [0.15, 0.2) is 42.5 Å². The highest BCUT2D eigenvalue weighted by molar-refractivity contribution is 7.91. The van der Waals surface area contributed by atoms with Crippen LogP contribution >= 0.6 is 0 Å². The minimum absolute atomic E-state index is 0.00496. The minimum atomic E-state index is -5.03. The fourth-order valence-corrected chi connectivity index (χ4v) is 8.73. The lowest BCUT2D eigenvalue weighted by atomic mass is 9.63. The van der Waals surface area contributed by atoms with Crippen LogP contribution in [0.4, 0.5) is 17.6 Å². The lowest BCUT2D eigenvalue weighted by molar-refractivity contribution is -0.228. The minimum Gasteiger partial charge on any atom is -0.338 e. The molecule has 5 rings (SSSR count). The predicted molar refractivity (Wildman–Crippen MR) is 142 cm³/mol. The molecule has 2 heterocycles. The summed E-state index contributed by atoms with van der Waals surface area (Å²) >= 11 is 0. The van der Waals surface area contributed by atoms with Gasteiger partial charge in [-0.1, -0.05) is 55.0 Å². The first-order chi connectivity index (χ1) is 18.1. The fraction of sp³-hybridized carbons (Fsp3) is 0.567. The molecule has 0 N–H and O–H groups in total. The van der Waals surface area contributed by atoms with Gasteiger partial charge in [0, 0.05) is 23.4 Å². The number of carbonyl (C=O) groups is 1. The molecule has 2 aromatic rings. The van der Waals surface area contributed by atoms with Gasteiger partial charge in [0.15, 0.2) is 0 Å². The van der Waals surface area contributed by atoms with Crippen molar-refractivity contribution >= 4 is 15.7 Å². The summed E-state index contributed by atoms with van der Waals surface area (Å²) in [5, 5.41) is 0. The molecule has 9 heteroatoms. The van der Waals surface area contributed by atoms with E-state index < -0.39 is 38.1 Å². The molecule has 0 bridgehead atoms. The largest absolute Gasteiger partial charge is 0.426 e. The summed E-state index contributed by atoms with van der Waals surface area (Å²) < 4.78 is 79.6. The monoisotopic (exact) mass is 565 g/mol. The quantitative estimate of drug-likeness (QED) is 0.429. The Hall–Kier alpha value is -2.42. The average molecular weight is 566 g/mol. The fourth-order valence-electron chi connectivity index (χ4n) is 7.00. The molecule has 212 valence electrons. The zero-order chi connectivity index (χ0) is 28.4. The number of likely N-dealkylation sites (tertiary alicyclic amines) is 1. The Balaban J connectivity index is 1.55. The summed E-state index contributed by atoms with van der Waals surface area (Å²) in [5.41, 5.74) is -1.41. The van der Waals surface area contributed by atoms with Crippen LogP contribution < -0.4 is 0 Å². The second-order valence-corrected chi connectivity index (χ2v) is 14.5. The lowest BCUT2D eigenvalue weighted by Crippen LogP contribution is -2.53. The van der Waals surface area contributed by atoms with E-state index in [0.29, 0.717) is 44.7 Å². The number of benzene rings is 2. The normalized spacial score (nSPS) is 27.4. The molecule has 1 aliphatic carbocycles. The van der Waals surface area contributed by atoms with Gasteiger partial charge in [0.05, 0.1) is 11.5 Å². The Morgan fingerprint density at radius 1 is 1.05 bits per heavy atom. The van der Waals surface area contributed by atoms with Crippen molar-refractivity contribution in [2.45, 2.75) is 82.6 Å². The Morgan fingerprint density at radius 3 is 2.38 bits per heavy atom. The van der Waals surface area contributed by atoms with E-state index in [-0.39, 0.29) is 36.3 Å². The maximum Gasteiger partial charge on any atom is 0.426 e. The van der Waals surface area contributed by atoms with Gasteiger partial charge in [0.1, 0.15) is 9.84 Å². The van der Waals surface area contributed by atoms with Crippen molar-refractivity contribution in [3.8, 4) is 0 Å². The number of alkyl halides is 4. The SMILES string of the molecule is Cc1cccc(CC23CCN(C(=O)C4(C)CCS(=O)(=O)CC4)C2CCc2cc(C(C)(F)C(F)(F)F)ccc23)c1. The molecule has 4 nitrogen and oxygen atoms in total. The highest BCUT2D eigenvalue weighted by Gasteiger charge is 2.57. The Bertz CT molecular complexity index is 1390. The molecular weight excluding hydrogens is 530 g/mol. The third kappa shape index (κ3) is 4.78. The Kier molecular flexibility index (Phi) is 6.72. The highest BCUT2D eigenvalue weighted by Crippen LogP contribution is 2.52. The van der Waals surface area contributed by atoms with E-state index >= 15 is 0 Å². The van der Waals surface area contributed by atoms with Crippen LogP contribution in [0.3, 0.4) is 0 Å². The maximum atomic E-state index is 14.9. The van der Waals surface area contributed by atoms with Gasteiger partial charge in [-0.25, -0.2) is 12.8 Å². The van der Waals surface area contributed by atoms with Crippen molar-refractivity contribution in [2.24, 2.45) is 5.41 Å².